The van der Waals surface area contributed by atoms with Crippen LogP contribution in [0.3, 0.4) is 0 Å². The van der Waals surface area contributed by atoms with Gasteiger partial charge in [0.25, 0.3) is 0 Å². The monoisotopic (exact) mass is 540 g/mol. The van der Waals surface area contributed by atoms with Crippen LogP contribution < -0.4 is 10.2 Å². The molecule has 0 radical (unpaired) electrons. The molecule has 0 saturated carbocycles. The zero-order valence-electron chi connectivity index (χ0n) is 22.7. The molecule has 2 saturated heterocycles. The highest BCUT2D eigenvalue weighted by Gasteiger charge is 2.68. The SMILES string of the molecule is CCc1cccc(CC)c1N1C(=O)C2C(c3ccc(C(=O)OC)cc3)NC(Cc3ccccc3)(C(=O)O)C2C1=O. The van der Waals surface area contributed by atoms with Crippen LogP contribution in [0.15, 0.2) is 72.8 Å². The van der Waals surface area contributed by atoms with E-state index in [9.17, 15) is 24.3 Å². The number of rotatable bonds is 8. The first kappa shape index (κ1) is 27.3. The molecule has 3 aromatic rings. The van der Waals surface area contributed by atoms with Gasteiger partial charge in [0.1, 0.15) is 5.54 Å². The van der Waals surface area contributed by atoms with Crippen molar-refractivity contribution in [2.45, 2.75) is 44.7 Å². The third-order valence-corrected chi connectivity index (χ3v) is 8.24. The first-order valence-electron chi connectivity index (χ1n) is 13.5. The molecule has 2 amide bonds. The van der Waals surface area contributed by atoms with Gasteiger partial charge < -0.3 is 9.84 Å². The number of benzene rings is 3. The Balaban J connectivity index is 1.67. The zero-order chi connectivity index (χ0) is 28.6. The first-order chi connectivity index (χ1) is 19.3. The van der Waals surface area contributed by atoms with Gasteiger partial charge in [-0.2, -0.15) is 0 Å². The predicted octanol–water partition coefficient (Wildman–Crippen LogP) is 4.11. The highest BCUT2D eigenvalue weighted by Crippen LogP contribution is 2.51. The minimum Gasteiger partial charge on any atom is -0.480 e. The predicted molar refractivity (Wildman–Crippen MR) is 149 cm³/mol. The van der Waals surface area contributed by atoms with E-state index in [4.69, 9.17) is 4.74 Å². The van der Waals surface area contributed by atoms with Crippen LogP contribution in [0.2, 0.25) is 0 Å². The Kier molecular flexibility index (Phi) is 7.29. The Morgan fingerprint density at radius 2 is 1.52 bits per heavy atom. The second-order valence-corrected chi connectivity index (χ2v) is 10.3. The molecule has 0 aromatic heterocycles. The fourth-order valence-electron chi connectivity index (χ4n) is 6.31. The molecule has 8 nitrogen and oxygen atoms in total. The number of carbonyl (C=O) groups excluding carboxylic acids is 3. The van der Waals surface area contributed by atoms with E-state index in [1.165, 1.54) is 12.0 Å². The molecule has 2 aliphatic heterocycles. The van der Waals surface area contributed by atoms with Crippen molar-refractivity contribution in [1.29, 1.82) is 0 Å². The number of fused-ring (bicyclic) bond motifs is 1. The maximum Gasteiger partial charge on any atom is 0.337 e. The summed E-state index contributed by atoms with van der Waals surface area (Å²) < 4.78 is 4.80. The first-order valence-corrected chi connectivity index (χ1v) is 13.5. The molecule has 40 heavy (non-hydrogen) atoms. The molecule has 5 rings (SSSR count). The van der Waals surface area contributed by atoms with Gasteiger partial charge in [-0.05, 0) is 47.2 Å². The van der Waals surface area contributed by atoms with Crippen molar-refractivity contribution in [2.24, 2.45) is 11.8 Å². The molecule has 4 atom stereocenters. The number of hydrogen-bond donors (Lipinski definition) is 2. The van der Waals surface area contributed by atoms with Crippen LogP contribution in [-0.4, -0.2) is 41.5 Å². The van der Waals surface area contributed by atoms with Gasteiger partial charge in [0.05, 0.1) is 30.2 Å². The van der Waals surface area contributed by atoms with Crippen molar-refractivity contribution >= 4 is 29.4 Å². The summed E-state index contributed by atoms with van der Waals surface area (Å²) in [6, 6.07) is 20.6. The number of aliphatic carboxylic acids is 1. The summed E-state index contributed by atoms with van der Waals surface area (Å²) in [6.07, 6.45) is 1.24. The topological polar surface area (TPSA) is 113 Å². The van der Waals surface area contributed by atoms with Gasteiger partial charge in [-0.15, -0.1) is 0 Å². The summed E-state index contributed by atoms with van der Waals surface area (Å²) in [6.45, 7) is 3.93. The van der Waals surface area contributed by atoms with E-state index in [-0.39, 0.29) is 6.42 Å². The summed E-state index contributed by atoms with van der Waals surface area (Å²) in [7, 11) is 1.29. The fraction of sp³-hybridized carbons (Fsp3) is 0.312. The summed E-state index contributed by atoms with van der Waals surface area (Å²) in [4.78, 5) is 55.1. The average Bonchev–Trinajstić information content (AvgIpc) is 3.46. The largest absolute Gasteiger partial charge is 0.480 e. The molecule has 4 unspecified atom stereocenters. The number of carboxylic acid groups (broad SMARTS) is 1. The standard InChI is InChI=1S/C32H32N2O6/c1-4-20-12-9-13-21(5-2)27(20)34-28(35)24-25(29(34)36)32(31(38)39,18-19-10-7-6-8-11-19)33-26(24)22-14-16-23(17-15-22)30(37)40-3/h6-17,24-26,33H,4-5,18H2,1-3H3,(H,38,39). The molecule has 3 aromatic carbocycles. The minimum atomic E-state index is -1.73. The van der Waals surface area contributed by atoms with Crippen molar-refractivity contribution in [2.75, 3.05) is 12.0 Å². The van der Waals surface area contributed by atoms with Gasteiger partial charge in [0.2, 0.25) is 11.8 Å². The molecule has 2 heterocycles. The molecule has 0 bridgehead atoms. The molecule has 0 aliphatic carbocycles. The Morgan fingerprint density at radius 3 is 2.08 bits per heavy atom. The van der Waals surface area contributed by atoms with E-state index in [0.29, 0.717) is 29.7 Å². The van der Waals surface area contributed by atoms with Crippen molar-refractivity contribution in [3.05, 3.63) is 101 Å². The second-order valence-electron chi connectivity index (χ2n) is 10.3. The Bertz CT molecular complexity index is 1450. The summed E-state index contributed by atoms with van der Waals surface area (Å²) in [5, 5.41) is 14.0. The van der Waals surface area contributed by atoms with E-state index in [1.54, 1.807) is 24.3 Å². The maximum atomic E-state index is 14.3. The summed E-state index contributed by atoms with van der Waals surface area (Å²) in [5.41, 5.74) is 2.23. The van der Waals surface area contributed by atoms with Crippen LogP contribution >= 0.6 is 0 Å². The number of imide groups is 1. The van der Waals surface area contributed by atoms with Gasteiger partial charge in [-0.1, -0.05) is 74.5 Å². The number of para-hydroxylation sites is 1. The third kappa shape index (κ3) is 4.29. The van der Waals surface area contributed by atoms with E-state index < -0.39 is 47.2 Å². The molecular weight excluding hydrogens is 508 g/mol. The highest BCUT2D eigenvalue weighted by molar-refractivity contribution is 6.25. The number of anilines is 1. The van der Waals surface area contributed by atoms with E-state index in [1.807, 2.05) is 62.4 Å². The summed E-state index contributed by atoms with van der Waals surface area (Å²) in [5.74, 6) is -4.72. The molecule has 2 N–H and O–H groups in total. The van der Waals surface area contributed by atoms with E-state index in [2.05, 4.69) is 5.32 Å². The summed E-state index contributed by atoms with van der Waals surface area (Å²) >= 11 is 0. The molecular formula is C32H32N2O6. The van der Waals surface area contributed by atoms with Crippen LogP contribution in [0.25, 0.3) is 0 Å². The van der Waals surface area contributed by atoms with Crippen LogP contribution in [0.1, 0.15) is 52.5 Å². The van der Waals surface area contributed by atoms with Crippen LogP contribution in [0.5, 0.6) is 0 Å². The van der Waals surface area contributed by atoms with E-state index in [0.717, 1.165) is 16.7 Å². The number of ether oxygens (including phenoxy) is 1. The molecule has 0 spiro atoms. The molecule has 8 heteroatoms. The fourth-order valence-corrected chi connectivity index (χ4v) is 6.31. The van der Waals surface area contributed by atoms with Crippen molar-refractivity contribution in [3.63, 3.8) is 0 Å². The Hall–Kier alpha value is -4.30. The van der Waals surface area contributed by atoms with E-state index >= 15 is 0 Å². The number of nitrogens with zero attached hydrogens (tertiary/aromatic N) is 1. The highest BCUT2D eigenvalue weighted by atomic mass is 16.5. The lowest BCUT2D eigenvalue weighted by atomic mass is 9.76. The van der Waals surface area contributed by atoms with Crippen LogP contribution in [-0.2, 0) is 38.4 Å². The molecule has 206 valence electrons. The van der Waals surface area contributed by atoms with Gasteiger partial charge >= 0.3 is 11.9 Å². The molecule has 2 fully saturated rings. The van der Waals surface area contributed by atoms with Crippen molar-refractivity contribution < 1.29 is 29.0 Å². The number of esters is 1. The normalized spacial score (nSPS) is 23.8. The average molecular weight is 541 g/mol. The van der Waals surface area contributed by atoms with Gasteiger partial charge in [0.15, 0.2) is 0 Å². The van der Waals surface area contributed by atoms with Crippen molar-refractivity contribution in [3.8, 4) is 0 Å². The maximum absolute atomic E-state index is 14.3. The lowest BCUT2D eigenvalue weighted by Crippen LogP contribution is -2.57. The third-order valence-electron chi connectivity index (χ3n) is 8.24. The van der Waals surface area contributed by atoms with Gasteiger partial charge in [0, 0.05) is 12.5 Å². The van der Waals surface area contributed by atoms with Crippen LogP contribution in [0, 0.1) is 11.8 Å². The van der Waals surface area contributed by atoms with Gasteiger partial charge in [-0.25, -0.2) is 9.69 Å². The van der Waals surface area contributed by atoms with Gasteiger partial charge in [-0.3, -0.25) is 19.7 Å². The zero-order valence-corrected chi connectivity index (χ0v) is 22.7. The second kappa shape index (κ2) is 10.7. The van der Waals surface area contributed by atoms with Crippen LogP contribution in [0.4, 0.5) is 5.69 Å². The number of hydrogen-bond acceptors (Lipinski definition) is 6. The quantitative estimate of drug-likeness (QED) is 0.327. The number of nitrogens with one attached hydrogen (secondary N) is 1. The number of methoxy groups -OCH3 is 1. The minimum absolute atomic E-state index is 0.0179. The lowest BCUT2D eigenvalue weighted by molar-refractivity contribution is -0.148. The van der Waals surface area contributed by atoms with Crippen molar-refractivity contribution in [1.82, 2.24) is 5.32 Å². The number of aryl methyl sites for hydroxylation is 2. The number of amides is 2. The smallest absolute Gasteiger partial charge is 0.337 e. The Labute approximate surface area is 233 Å². The lowest BCUT2D eigenvalue weighted by Gasteiger charge is -2.32. The number of carbonyl (C=O) groups is 4. The molecule has 2 aliphatic rings. The Morgan fingerprint density at radius 1 is 0.900 bits per heavy atom. The number of carboxylic acids is 1.